The highest BCUT2D eigenvalue weighted by atomic mass is 16.1. The molecule has 0 aliphatic carbocycles. The number of nitrogens with one attached hydrogen (secondary N) is 2. The van der Waals surface area contributed by atoms with E-state index in [1.54, 1.807) is 0 Å². The number of hydrogen-bond acceptors (Lipinski definition) is 2. The quantitative estimate of drug-likeness (QED) is 0.849. The van der Waals surface area contributed by atoms with Crippen LogP contribution in [0.2, 0.25) is 0 Å². The summed E-state index contributed by atoms with van der Waals surface area (Å²) in [6, 6.07) is 10.6. The maximum Gasteiger partial charge on any atom is 0.224 e. The van der Waals surface area contributed by atoms with Gasteiger partial charge in [0.2, 0.25) is 5.91 Å². The molecule has 1 aliphatic heterocycles. The molecule has 1 fully saturated rings. The van der Waals surface area contributed by atoms with Gasteiger partial charge in [-0.3, -0.25) is 4.79 Å². The molecule has 1 aromatic rings. The van der Waals surface area contributed by atoms with Gasteiger partial charge in [0, 0.05) is 12.6 Å². The Labute approximate surface area is 109 Å². The van der Waals surface area contributed by atoms with E-state index in [0.29, 0.717) is 6.04 Å². The molecule has 98 valence electrons. The predicted octanol–water partition coefficient (Wildman–Crippen LogP) is 1.73. The highest BCUT2D eigenvalue weighted by molar-refractivity contribution is 5.79. The lowest BCUT2D eigenvalue weighted by molar-refractivity contribution is -0.126. The summed E-state index contributed by atoms with van der Waals surface area (Å²) in [7, 11) is 0. The number of hydrogen-bond donors (Lipinski definition) is 2. The Balaban J connectivity index is 1.74. The minimum absolute atomic E-state index is 0.134. The van der Waals surface area contributed by atoms with Gasteiger partial charge in [-0.2, -0.15) is 0 Å². The van der Waals surface area contributed by atoms with Crippen LogP contribution in [0.15, 0.2) is 30.3 Å². The van der Waals surface area contributed by atoms with Gasteiger partial charge in [-0.1, -0.05) is 30.3 Å². The lowest BCUT2D eigenvalue weighted by Gasteiger charge is -2.28. The number of benzene rings is 1. The van der Waals surface area contributed by atoms with E-state index in [9.17, 15) is 4.79 Å². The number of carbonyl (C=O) groups excluding carboxylic acids is 1. The zero-order valence-electron chi connectivity index (χ0n) is 11.0. The van der Waals surface area contributed by atoms with Crippen LogP contribution in [0.25, 0.3) is 0 Å². The second-order valence-electron chi connectivity index (χ2n) is 5.02. The molecule has 18 heavy (non-hydrogen) atoms. The first kappa shape index (κ1) is 13.1. The molecule has 1 aromatic carbocycles. The Morgan fingerprint density at radius 3 is 2.89 bits per heavy atom. The molecule has 2 N–H and O–H groups in total. The van der Waals surface area contributed by atoms with E-state index in [2.05, 4.69) is 29.7 Å². The van der Waals surface area contributed by atoms with Gasteiger partial charge in [0.1, 0.15) is 0 Å². The van der Waals surface area contributed by atoms with Gasteiger partial charge < -0.3 is 10.6 Å². The van der Waals surface area contributed by atoms with E-state index in [0.717, 1.165) is 32.4 Å². The Kier molecular flexibility index (Phi) is 4.76. The first-order valence-electron chi connectivity index (χ1n) is 6.82. The number of amides is 1. The average Bonchev–Trinajstić information content (AvgIpc) is 2.40. The van der Waals surface area contributed by atoms with Crippen molar-refractivity contribution in [3.05, 3.63) is 35.9 Å². The third-order valence-electron chi connectivity index (χ3n) is 3.65. The van der Waals surface area contributed by atoms with Crippen molar-refractivity contribution >= 4 is 5.91 Å². The third-order valence-corrected chi connectivity index (χ3v) is 3.65. The molecule has 0 radical (unpaired) electrons. The molecule has 3 nitrogen and oxygen atoms in total. The molecule has 1 heterocycles. The fourth-order valence-corrected chi connectivity index (χ4v) is 2.51. The molecule has 0 bridgehead atoms. The maximum absolute atomic E-state index is 12.0. The molecule has 1 amide bonds. The number of piperidine rings is 1. The summed E-state index contributed by atoms with van der Waals surface area (Å²) >= 11 is 0. The second-order valence-corrected chi connectivity index (χ2v) is 5.02. The van der Waals surface area contributed by atoms with Gasteiger partial charge in [0.25, 0.3) is 0 Å². The highest BCUT2D eigenvalue weighted by Crippen LogP contribution is 2.16. The van der Waals surface area contributed by atoms with E-state index in [1.165, 1.54) is 5.56 Å². The van der Waals surface area contributed by atoms with Gasteiger partial charge in [-0.25, -0.2) is 0 Å². The van der Waals surface area contributed by atoms with Gasteiger partial charge in [0.05, 0.1) is 5.92 Å². The Morgan fingerprint density at radius 2 is 2.17 bits per heavy atom. The third kappa shape index (κ3) is 3.57. The largest absolute Gasteiger partial charge is 0.355 e. The van der Waals surface area contributed by atoms with Gasteiger partial charge in [0.15, 0.2) is 0 Å². The van der Waals surface area contributed by atoms with Crippen molar-refractivity contribution in [1.82, 2.24) is 10.6 Å². The second kappa shape index (κ2) is 6.55. The Hall–Kier alpha value is -1.35. The smallest absolute Gasteiger partial charge is 0.224 e. The molecule has 2 rings (SSSR count). The number of rotatable bonds is 4. The minimum atomic E-state index is 0.134. The van der Waals surface area contributed by atoms with Crippen LogP contribution in [-0.2, 0) is 11.2 Å². The summed E-state index contributed by atoms with van der Waals surface area (Å²) in [5, 5.41) is 6.41. The molecule has 0 spiro atoms. The summed E-state index contributed by atoms with van der Waals surface area (Å²) in [6.07, 6.45) is 3.01. The van der Waals surface area contributed by atoms with Crippen LogP contribution in [0.5, 0.6) is 0 Å². The summed E-state index contributed by atoms with van der Waals surface area (Å²) in [5.74, 6) is 0.333. The van der Waals surface area contributed by atoms with Crippen LogP contribution >= 0.6 is 0 Å². The van der Waals surface area contributed by atoms with E-state index in [-0.39, 0.29) is 11.8 Å². The first-order chi connectivity index (χ1) is 8.77. The van der Waals surface area contributed by atoms with E-state index >= 15 is 0 Å². The van der Waals surface area contributed by atoms with Crippen LogP contribution in [0, 0.1) is 5.92 Å². The van der Waals surface area contributed by atoms with Crippen molar-refractivity contribution in [2.75, 3.05) is 13.1 Å². The molecule has 0 aromatic heterocycles. The topological polar surface area (TPSA) is 41.1 Å². The first-order valence-corrected chi connectivity index (χ1v) is 6.82. The highest BCUT2D eigenvalue weighted by Gasteiger charge is 2.26. The van der Waals surface area contributed by atoms with E-state index < -0.39 is 0 Å². The lowest BCUT2D eigenvalue weighted by Crippen LogP contribution is -2.47. The van der Waals surface area contributed by atoms with Crippen molar-refractivity contribution in [3.63, 3.8) is 0 Å². The van der Waals surface area contributed by atoms with Crippen LogP contribution < -0.4 is 10.6 Å². The molecular weight excluding hydrogens is 224 g/mol. The van der Waals surface area contributed by atoms with Crippen molar-refractivity contribution in [1.29, 1.82) is 0 Å². The number of carbonyl (C=O) groups is 1. The van der Waals surface area contributed by atoms with Gasteiger partial charge >= 0.3 is 0 Å². The van der Waals surface area contributed by atoms with Crippen molar-refractivity contribution in [3.8, 4) is 0 Å². The van der Waals surface area contributed by atoms with Crippen LogP contribution in [0.3, 0.4) is 0 Å². The molecule has 3 heteroatoms. The molecule has 2 atom stereocenters. The molecular formula is C15H22N2O. The molecule has 0 saturated carbocycles. The monoisotopic (exact) mass is 246 g/mol. The average molecular weight is 246 g/mol. The van der Waals surface area contributed by atoms with Crippen LogP contribution in [0.4, 0.5) is 0 Å². The van der Waals surface area contributed by atoms with Gasteiger partial charge in [-0.05, 0) is 38.3 Å². The van der Waals surface area contributed by atoms with Crippen LogP contribution in [-0.4, -0.2) is 25.0 Å². The molecule has 2 unspecified atom stereocenters. The van der Waals surface area contributed by atoms with Crippen molar-refractivity contribution < 1.29 is 4.79 Å². The fourth-order valence-electron chi connectivity index (χ4n) is 2.51. The zero-order chi connectivity index (χ0) is 12.8. The molecule has 1 aliphatic rings. The molecule has 1 saturated heterocycles. The normalized spacial score (nSPS) is 23.6. The predicted molar refractivity (Wildman–Crippen MR) is 73.3 cm³/mol. The summed E-state index contributed by atoms with van der Waals surface area (Å²) in [6.45, 7) is 3.86. The maximum atomic E-state index is 12.0. The SMILES string of the molecule is CC1NCCCC1C(=O)NCCc1ccccc1. The lowest BCUT2D eigenvalue weighted by atomic mass is 9.91. The Morgan fingerprint density at radius 1 is 1.39 bits per heavy atom. The summed E-state index contributed by atoms with van der Waals surface area (Å²) in [4.78, 5) is 12.0. The zero-order valence-corrected chi connectivity index (χ0v) is 11.0. The van der Waals surface area contributed by atoms with Gasteiger partial charge in [-0.15, -0.1) is 0 Å². The van der Waals surface area contributed by atoms with Crippen molar-refractivity contribution in [2.24, 2.45) is 5.92 Å². The van der Waals surface area contributed by atoms with Crippen LogP contribution in [0.1, 0.15) is 25.3 Å². The summed E-state index contributed by atoms with van der Waals surface area (Å²) < 4.78 is 0. The standard InChI is InChI=1S/C15H22N2O/c1-12-14(8-5-10-16-12)15(18)17-11-9-13-6-3-2-4-7-13/h2-4,6-7,12,14,16H,5,8-11H2,1H3,(H,17,18). The van der Waals surface area contributed by atoms with Crippen molar-refractivity contribution in [2.45, 2.75) is 32.2 Å². The minimum Gasteiger partial charge on any atom is -0.355 e. The van der Waals surface area contributed by atoms with E-state index in [1.807, 2.05) is 18.2 Å². The summed E-state index contributed by atoms with van der Waals surface area (Å²) in [5.41, 5.74) is 1.27. The fraction of sp³-hybridized carbons (Fsp3) is 0.533. The van der Waals surface area contributed by atoms with E-state index in [4.69, 9.17) is 0 Å². The Bertz CT molecular complexity index is 377.